The summed E-state index contributed by atoms with van der Waals surface area (Å²) in [5.41, 5.74) is -0.108. The third-order valence-corrected chi connectivity index (χ3v) is 1.46. The highest BCUT2D eigenvalue weighted by Gasteiger charge is 2.04. The van der Waals surface area contributed by atoms with E-state index in [0.717, 1.165) is 10.6 Å². The Hall–Kier alpha value is -1.78. The van der Waals surface area contributed by atoms with Crippen LogP contribution in [-0.2, 0) is 0 Å². The van der Waals surface area contributed by atoms with E-state index in [0.29, 0.717) is 11.4 Å². The summed E-state index contributed by atoms with van der Waals surface area (Å²) in [6, 6.07) is 2.57. The van der Waals surface area contributed by atoms with Crippen molar-refractivity contribution in [3.8, 4) is 5.88 Å². The summed E-state index contributed by atoms with van der Waals surface area (Å²) < 4.78 is 6.01. The molecule has 0 saturated heterocycles. The Labute approximate surface area is 66.8 Å². The van der Waals surface area contributed by atoms with Crippen LogP contribution in [0.3, 0.4) is 0 Å². The third kappa shape index (κ3) is 0.868. The van der Waals surface area contributed by atoms with Crippen LogP contribution in [0.15, 0.2) is 21.5 Å². The van der Waals surface area contributed by atoms with Crippen LogP contribution >= 0.6 is 0 Å². The van der Waals surface area contributed by atoms with Gasteiger partial charge >= 0.3 is 0 Å². The lowest BCUT2D eigenvalue weighted by Crippen LogP contribution is -2.10. The zero-order chi connectivity index (χ0) is 8.72. The molecule has 1 N–H and O–H groups in total. The smallest absolute Gasteiger partial charge is 0.290 e. The second-order valence-electron chi connectivity index (χ2n) is 2.45. The molecule has 0 saturated carbocycles. The Morgan fingerprint density at radius 2 is 2.33 bits per heavy atom. The molecule has 0 fully saturated rings. The van der Waals surface area contributed by atoms with Gasteiger partial charge in [0.15, 0.2) is 5.65 Å². The highest BCUT2D eigenvalue weighted by Crippen LogP contribution is 2.06. The van der Waals surface area contributed by atoms with Gasteiger partial charge in [0.1, 0.15) is 5.76 Å². The molecule has 0 unspecified atom stereocenters. The molecular weight excluding hydrogens is 160 g/mol. The molecule has 0 bridgehead atoms. The van der Waals surface area contributed by atoms with Gasteiger partial charge in [-0.15, -0.1) is 4.57 Å². The van der Waals surface area contributed by atoms with E-state index >= 15 is 0 Å². The molecule has 12 heavy (non-hydrogen) atoms. The molecular formula is C7H6N2O3. The van der Waals surface area contributed by atoms with Crippen LogP contribution in [-0.4, -0.2) is 14.7 Å². The first kappa shape index (κ1) is 6.90. The number of hydrogen-bond donors (Lipinski definition) is 1. The summed E-state index contributed by atoms with van der Waals surface area (Å²) in [4.78, 5) is 14.8. The first-order valence-electron chi connectivity index (χ1n) is 3.36. The summed E-state index contributed by atoms with van der Waals surface area (Å²) in [6.45, 7) is 1.70. The molecule has 0 aliphatic heterocycles. The number of aromatic hydroxyl groups is 1. The van der Waals surface area contributed by atoms with Gasteiger partial charge in [-0.05, 0) is 6.92 Å². The minimum atomic E-state index is -0.425. The zero-order valence-corrected chi connectivity index (χ0v) is 6.31. The van der Waals surface area contributed by atoms with Gasteiger partial charge in [0.25, 0.3) is 5.56 Å². The van der Waals surface area contributed by atoms with Gasteiger partial charge in [-0.1, -0.05) is 0 Å². The molecule has 0 amide bonds. The van der Waals surface area contributed by atoms with E-state index in [-0.39, 0.29) is 5.88 Å². The van der Waals surface area contributed by atoms with Crippen molar-refractivity contribution in [3.05, 3.63) is 28.2 Å². The van der Waals surface area contributed by atoms with Gasteiger partial charge in [0, 0.05) is 6.07 Å². The van der Waals surface area contributed by atoms with Gasteiger partial charge in [-0.3, -0.25) is 4.79 Å². The highest BCUT2D eigenvalue weighted by molar-refractivity contribution is 5.38. The molecule has 2 rings (SSSR count). The second kappa shape index (κ2) is 2.10. The maximum absolute atomic E-state index is 11.1. The predicted octanol–water partition coefficient (Wildman–Crippen LogP) is 0.302. The average molecular weight is 166 g/mol. The Balaban J connectivity index is 2.98. The van der Waals surface area contributed by atoms with Gasteiger partial charge in [0.05, 0.1) is 6.07 Å². The summed E-state index contributed by atoms with van der Waals surface area (Å²) in [6.07, 6.45) is 0. The van der Waals surface area contributed by atoms with E-state index in [1.165, 1.54) is 0 Å². The molecule has 0 radical (unpaired) electrons. The summed E-state index contributed by atoms with van der Waals surface area (Å²) in [5, 5.41) is 8.95. The van der Waals surface area contributed by atoms with Crippen molar-refractivity contribution in [2.45, 2.75) is 6.92 Å². The number of hydrogen-bond acceptors (Lipinski definition) is 4. The van der Waals surface area contributed by atoms with Crippen LogP contribution in [0, 0.1) is 6.92 Å². The lowest BCUT2D eigenvalue weighted by Gasteiger charge is -1.89. The molecule has 62 valence electrons. The number of aryl methyl sites for hydroxylation is 1. The maximum atomic E-state index is 11.1. The predicted molar refractivity (Wildman–Crippen MR) is 40.1 cm³/mol. The lowest BCUT2D eigenvalue weighted by molar-refractivity contribution is 0.341. The van der Waals surface area contributed by atoms with Crippen LogP contribution in [0.4, 0.5) is 0 Å². The standard InChI is InChI=1S/C7H6N2O3/c1-4-2-5-8-6(10)3-7(11)9(5)12-4/h2-3,10H,1H3. The average Bonchev–Trinajstić information content (AvgIpc) is 2.29. The lowest BCUT2D eigenvalue weighted by atomic mass is 10.5. The Bertz CT molecular complexity index is 483. The van der Waals surface area contributed by atoms with Crippen molar-refractivity contribution >= 4 is 5.65 Å². The SMILES string of the molecule is Cc1cc2nc(O)cc(=O)n2o1. The fourth-order valence-electron chi connectivity index (χ4n) is 1.01. The van der Waals surface area contributed by atoms with E-state index in [2.05, 4.69) is 4.98 Å². The number of rotatable bonds is 0. The van der Waals surface area contributed by atoms with Crippen LogP contribution in [0.1, 0.15) is 5.76 Å². The Kier molecular flexibility index (Phi) is 1.21. The molecule has 2 heterocycles. The Morgan fingerprint density at radius 1 is 1.58 bits per heavy atom. The Morgan fingerprint density at radius 3 is 3.08 bits per heavy atom. The van der Waals surface area contributed by atoms with Gasteiger partial charge in [-0.25, -0.2) is 0 Å². The van der Waals surface area contributed by atoms with Crippen molar-refractivity contribution in [2.75, 3.05) is 0 Å². The monoisotopic (exact) mass is 166 g/mol. The number of nitrogens with zero attached hydrogens (tertiary/aromatic N) is 2. The minimum absolute atomic E-state index is 0.291. The van der Waals surface area contributed by atoms with Crippen molar-refractivity contribution in [2.24, 2.45) is 0 Å². The molecule has 5 nitrogen and oxygen atoms in total. The highest BCUT2D eigenvalue weighted by atomic mass is 16.5. The molecule has 0 spiro atoms. The second-order valence-corrected chi connectivity index (χ2v) is 2.45. The van der Waals surface area contributed by atoms with Gasteiger partial charge in [0.2, 0.25) is 5.88 Å². The first-order valence-corrected chi connectivity index (χ1v) is 3.36. The van der Waals surface area contributed by atoms with Crippen molar-refractivity contribution in [1.29, 1.82) is 0 Å². The molecule has 5 heteroatoms. The minimum Gasteiger partial charge on any atom is -0.493 e. The normalized spacial score (nSPS) is 10.8. The third-order valence-electron chi connectivity index (χ3n) is 1.46. The maximum Gasteiger partial charge on any atom is 0.290 e. The fraction of sp³-hybridized carbons (Fsp3) is 0.143. The quantitative estimate of drug-likeness (QED) is 0.611. The van der Waals surface area contributed by atoms with Gasteiger partial charge in [-0.2, -0.15) is 4.98 Å². The molecule has 2 aromatic heterocycles. The van der Waals surface area contributed by atoms with E-state index in [9.17, 15) is 4.79 Å². The topological polar surface area (TPSA) is 67.7 Å². The number of fused-ring (bicyclic) bond motifs is 1. The van der Waals surface area contributed by atoms with E-state index in [4.69, 9.17) is 9.63 Å². The van der Waals surface area contributed by atoms with E-state index in [1.54, 1.807) is 13.0 Å². The fourth-order valence-corrected chi connectivity index (χ4v) is 1.01. The molecule has 2 aromatic rings. The van der Waals surface area contributed by atoms with Crippen molar-refractivity contribution in [1.82, 2.24) is 9.56 Å². The van der Waals surface area contributed by atoms with Crippen LogP contribution in [0.2, 0.25) is 0 Å². The van der Waals surface area contributed by atoms with Crippen LogP contribution in [0.25, 0.3) is 5.65 Å². The van der Waals surface area contributed by atoms with Crippen LogP contribution in [0.5, 0.6) is 5.88 Å². The molecule has 0 aliphatic rings. The first-order chi connectivity index (χ1) is 5.66. The van der Waals surface area contributed by atoms with E-state index in [1.807, 2.05) is 0 Å². The molecule has 0 atom stereocenters. The van der Waals surface area contributed by atoms with Crippen molar-refractivity contribution < 1.29 is 9.63 Å². The summed E-state index contributed by atoms with van der Waals surface area (Å²) >= 11 is 0. The summed E-state index contributed by atoms with van der Waals surface area (Å²) in [7, 11) is 0. The van der Waals surface area contributed by atoms with Crippen LogP contribution < -0.4 is 5.56 Å². The molecule has 0 aromatic carbocycles. The zero-order valence-electron chi connectivity index (χ0n) is 6.31. The molecule has 0 aliphatic carbocycles. The summed E-state index contributed by atoms with van der Waals surface area (Å²) in [5.74, 6) is 0.283. The largest absolute Gasteiger partial charge is 0.493 e. The van der Waals surface area contributed by atoms with Gasteiger partial charge < -0.3 is 9.63 Å². The van der Waals surface area contributed by atoms with Crippen molar-refractivity contribution in [3.63, 3.8) is 0 Å². The number of aromatic nitrogens is 2. The van der Waals surface area contributed by atoms with E-state index < -0.39 is 5.56 Å².